The predicted molar refractivity (Wildman–Crippen MR) is 180 cm³/mol. The molecule has 0 saturated heterocycles. The Morgan fingerprint density at radius 3 is 1.03 bits per heavy atom. The molecular weight excluding hydrogens is 748 g/mol. The summed E-state index contributed by atoms with van der Waals surface area (Å²) in [6, 6.07) is 0. The molecule has 4 aliphatic carbocycles. The molecule has 0 aromatic rings. The van der Waals surface area contributed by atoms with E-state index in [1.807, 2.05) is 0 Å². The summed E-state index contributed by atoms with van der Waals surface area (Å²) in [7, 11) is -0.496. The first-order chi connectivity index (χ1) is 14.9. The van der Waals surface area contributed by atoms with E-state index in [1.165, 1.54) is 115 Å². The monoisotopic (exact) mass is 822 g/mol. The van der Waals surface area contributed by atoms with Gasteiger partial charge in [-0.2, -0.15) is 0 Å². The zero-order valence-electron chi connectivity index (χ0n) is 28.8. The quantitative estimate of drug-likeness (QED) is 0.151. The van der Waals surface area contributed by atoms with Gasteiger partial charge in [0.05, 0.1) is 23.6 Å². The van der Waals surface area contributed by atoms with Crippen LogP contribution in [0, 0.1) is 41.5 Å². The van der Waals surface area contributed by atoms with Crippen LogP contribution < -0.4 is 0 Å². The third-order valence-electron chi connectivity index (χ3n) is 9.16. The molecule has 6 heteroatoms. The molecule has 4 fully saturated rings. The van der Waals surface area contributed by atoms with Gasteiger partial charge in [0.2, 0.25) is 0 Å². The van der Waals surface area contributed by atoms with Gasteiger partial charge in [-0.15, -0.1) is 0 Å². The van der Waals surface area contributed by atoms with E-state index in [0.29, 0.717) is 0 Å². The topological polar surface area (TPSA) is 0 Å². The molecule has 0 aromatic carbocycles. The second-order valence-corrected chi connectivity index (χ2v) is 19.5. The first-order valence-corrected chi connectivity index (χ1v) is 19.7. The normalized spacial score (nSPS) is 24.0. The van der Waals surface area contributed by atoms with Gasteiger partial charge in [-0.05, 0) is 72.1 Å². The average molecular weight is 822 g/mol. The molecule has 4 saturated carbocycles. The fourth-order valence-electron chi connectivity index (χ4n) is 6.52. The van der Waals surface area contributed by atoms with Crippen LogP contribution in [-0.2, 0) is 99.6 Å². The summed E-state index contributed by atoms with van der Waals surface area (Å²) in [5.41, 5.74) is 2.25. The van der Waals surface area contributed by atoms with Crippen molar-refractivity contribution in [2.75, 3.05) is 32.3 Å². The summed E-state index contributed by atoms with van der Waals surface area (Å²) >= 11 is 0. The van der Waals surface area contributed by atoms with Gasteiger partial charge in [0.1, 0.15) is 0 Å². The number of rotatable bonds is 4. The smallest absolute Gasteiger partial charge is 0.358 e. The van der Waals surface area contributed by atoms with Crippen molar-refractivity contribution in [3.8, 4) is 0 Å². The largest absolute Gasteiger partial charge is 2.00 e. The predicted octanol–water partition coefficient (Wildman–Crippen LogP) is 12.2. The first-order valence-electron chi connectivity index (χ1n) is 14.5. The summed E-state index contributed by atoms with van der Waals surface area (Å²) in [6.07, 6.45) is 27.0. The van der Waals surface area contributed by atoms with Crippen LogP contribution in [0.2, 0.25) is 0 Å². The molecule has 0 aliphatic heterocycles. The minimum atomic E-state index is -0.535. The van der Waals surface area contributed by atoms with E-state index in [2.05, 4.69) is 47.7 Å². The van der Waals surface area contributed by atoms with E-state index < -0.39 is 7.26 Å². The molecule has 0 bridgehead atoms. The van der Waals surface area contributed by atoms with E-state index in [9.17, 15) is 0 Å². The summed E-state index contributed by atoms with van der Waals surface area (Å²) in [5.74, 6) is 2.08. The Hall–Kier alpha value is 4.11. The number of hydrogen-bond acceptors (Lipinski definition) is 0. The molecule has 0 heterocycles. The molecule has 0 spiro atoms. The molecule has 2 radical (unpaired) electrons. The Balaban J connectivity index is -0.0000000537. The van der Waals surface area contributed by atoms with Crippen LogP contribution in [-0.4, -0.2) is 43.6 Å². The molecule has 0 amide bonds. The van der Waals surface area contributed by atoms with Crippen molar-refractivity contribution in [3.63, 3.8) is 0 Å². The maximum absolute atomic E-state index is 2.60. The van der Waals surface area contributed by atoms with Crippen LogP contribution >= 0.6 is 15.2 Å². The van der Waals surface area contributed by atoms with Gasteiger partial charge in [0.15, 0.2) is 0 Å². The first kappa shape index (κ1) is 62.0. The third-order valence-corrected chi connectivity index (χ3v) is 16.8. The van der Waals surface area contributed by atoms with Gasteiger partial charge in [-0.3, -0.25) is 0 Å². The fourth-order valence-corrected chi connectivity index (χ4v) is 12.2. The van der Waals surface area contributed by atoms with Crippen molar-refractivity contribution in [1.82, 2.24) is 0 Å². The average Bonchev–Trinajstić information content (AvgIpc) is 3.58. The van der Waals surface area contributed by atoms with Crippen molar-refractivity contribution < 1.29 is 99.6 Å². The fraction of sp³-hybridized carbons (Fsp3) is 0.879. The number of hydrogen-bond donors (Lipinski definition) is 0. The molecule has 236 valence electrons. The van der Waals surface area contributed by atoms with Crippen LogP contribution in [0.15, 0.2) is 0 Å². The van der Waals surface area contributed by atoms with Crippen LogP contribution in [0.5, 0.6) is 0 Å². The third kappa shape index (κ3) is 27.0. The van der Waals surface area contributed by atoms with Crippen molar-refractivity contribution >= 4 is 15.2 Å². The molecule has 39 heavy (non-hydrogen) atoms. The van der Waals surface area contributed by atoms with Gasteiger partial charge >= 0.3 is 34.1 Å². The van der Waals surface area contributed by atoms with E-state index in [0.717, 1.165) is 23.2 Å². The summed E-state index contributed by atoms with van der Waals surface area (Å²) < 4.78 is 0. The van der Waals surface area contributed by atoms with Crippen LogP contribution in [0.4, 0.5) is 0 Å². The maximum Gasteiger partial charge on any atom is 2.00 e. The van der Waals surface area contributed by atoms with Crippen molar-refractivity contribution in [1.29, 1.82) is 0 Å². The van der Waals surface area contributed by atoms with Crippen molar-refractivity contribution in [2.24, 2.45) is 11.8 Å². The molecule has 0 nitrogen and oxygen atoms in total. The molecule has 0 N–H and O–H groups in total. The Kier molecular flexibility index (Phi) is 60.9. The second-order valence-electron chi connectivity index (χ2n) is 11.7. The molecule has 4 aliphatic rings. The van der Waals surface area contributed by atoms with Crippen molar-refractivity contribution in [3.05, 3.63) is 29.7 Å². The van der Waals surface area contributed by atoms with Gasteiger partial charge in [-0.25, -0.2) is 0 Å². The maximum atomic E-state index is 2.60. The molecular formula is C33H74Fe2P2Y2+2. The standard InChI is InChI=1S/C11H24P.C8H17P.2C5H10.4CH3.2Fe.2Y/c1-5-12(4,6-2)11-9-7-8-10(11)3;1-7-5-4-6-8(7)9(2)3;2*1-2-4-5-3-1;;;;;;;;/h10-11H,5-9H2,1-4H3;7-8H,4-6H2,1-3H3;2*1-5H2;4*1H3;;;;/q+1;;;;4*-1;2*+2;;/p+1. The zero-order valence-corrected chi connectivity index (χ0v) is 38.6. The molecule has 4 atom stereocenters. The van der Waals surface area contributed by atoms with Gasteiger partial charge in [0, 0.05) is 92.7 Å². The van der Waals surface area contributed by atoms with Crippen LogP contribution in [0.3, 0.4) is 0 Å². The van der Waals surface area contributed by atoms with E-state index >= 15 is 0 Å². The zero-order chi connectivity index (χ0) is 23.1. The SMILES string of the molecule is C1CCCC1.C1CCCC1.CC1CCCC1[PH+](C)C.CC[P+](C)(CC)C1CCCC1C.[CH3-].[CH3-].[CH3-].[CH3-].[Fe+2].[Fe+2].[Y].[Y]. The minimum Gasteiger partial charge on any atom is -0.358 e. The molecule has 0 aromatic heterocycles. The van der Waals surface area contributed by atoms with Gasteiger partial charge in [0.25, 0.3) is 0 Å². The Morgan fingerprint density at radius 1 is 0.538 bits per heavy atom. The Bertz CT molecular complexity index is 405. The summed E-state index contributed by atoms with van der Waals surface area (Å²) in [4.78, 5) is 0. The Labute approximate surface area is 326 Å². The van der Waals surface area contributed by atoms with E-state index in [4.69, 9.17) is 0 Å². The Morgan fingerprint density at radius 2 is 0.846 bits per heavy atom. The van der Waals surface area contributed by atoms with Crippen molar-refractivity contribution in [2.45, 2.75) is 142 Å². The summed E-state index contributed by atoms with van der Waals surface area (Å²) in [6.45, 7) is 17.2. The van der Waals surface area contributed by atoms with Gasteiger partial charge < -0.3 is 29.7 Å². The van der Waals surface area contributed by atoms with E-state index in [-0.39, 0.29) is 137 Å². The van der Waals surface area contributed by atoms with E-state index in [1.54, 1.807) is 0 Å². The second kappa shape index (κ2) is 38.3. The van der Waals surface area contributed by atoms with Gasteiger partial charge in [-0.1, -0.05) is 78.1 Å². The molecule has 4 unspecified atom stereocenters. The minimum absolute atomic E-state index is 0. The van der Waals surface area contributed by atoms with Crippen LogP contribution in [0.25, 0.3) is 0 Å². The molecule has 4 rings (SSSR count). The van der Waals surface area contributed by atoms with Crippen LogP contribution in [0.1, 0.15) is 130 Å². The summed E-state index contributed by atoms with van der Waals surface area (Å²) in [5, 5.41) is 0.